The van der Waals surface area contributed by atoms with Gasteiger partial charge in [0.15, 0.2) is 0 Å². The summed E-state index contributed by atoms with van der Waals surface area (Å²) in [6, 6.07) is 21.0. The van der Waals surface area contributed by atoms with Gasteiger partial charge in [-0.2, -0.15) is 0 Å². The molecule has 2 aliphatic heterocycles. The molecule has 2 saturated heterocycles. The minimum absolute atomic E-state index is 0.117. The van der Waals surface area contributed by atoms with Crippen LogP contribution in [0.15, 0.2) is 72.2 Å². The molecule has 3 fully saturated rings. The number of carbonyl (C=O) groups excluding carboxylic acids is 2. The molecule has 1 aliphatic carbocycles. The summed E-state index contributed by atoms with van der Waals surface area (Å²) in [7, 11) is 0. The van der Waals surface area contributed by atoms with Gasteiger partial charge in [-0.05, 0) is 93.2 Å². The summed E-state index contributed by atoms with van der Waals surface area (Å²) in [5, 5.41) is 3.63. The number of hydrogen-bond acceptors (Lipinski definition) is 7. The summed E-state index contributed by atoms with van der Waals surface area (Å²) in [5.41, 5.74) is 12.7. The molecular weight excluding hydrogens is 764 g/mol. The van der Waals surface area contributed by atoms with Crippen LogP contribution in [0.3, 0.4) is 0 Å². The fourth-order valence-corrected chi connectivity index (χ4v) is 10.5. The van der Waals surface area contributed by atoms with Gasteiger partial charge in [0.2, 0.25) is 11.6 Å². The number of benzene rings is 3. The van der Waals surface area contributed by atoms with Crippen molar-refractivity contribution < 1.29 is 14.3 Å². The van der Waals surface area contributed by atoms with Crippen LogP contribution in [-0.2, 0) is 4.79 Å². The third kappa shape index (κ3) is 8.82. The summed E-state index contributed by atoms with van der Waals surface area (Å²) in [4.78, 5) is 40.2. The Bertz CT molecular complexity index is 2200. The van der Waals surface area contributed by atoms with E-state index in [-0.39, 0.29) is 40.8 Å². The number of likely N-dealkylation sites (tertiary alicyclic amines) is 2. The number of hydrogen-bond donors (Lipinski definition) is 2. The van der Waals surface area contributed by atoms with E-state index in [4.69, 9.17) is 28.6 Å². The molecule has 3 N–H and O–H groups in total. The van der Waals surface area contributed by atoms with Crippen molar-refractivity contribution in [1.82, 2.24) is 20.1 Å². The smallest absolute Gasteiger partial charge is 0.251 e. The van der Waals surface area contributed by atoms with E-state index in [0.29, 0.717) is 40.4 Å². The van der Waals surface area contributed by atoms with E-state index in [0.717, 1.165) is 79.1 Å². The van der Waals surface area contributed by atoms with Crippen molar-refractivity contribution in [3.05, 3.63) is 111 Å². The fraction of sp³-hybridized carbons (Fsp3) is 0.447. The van der Waals surface area contributed by atoms with Crippen LogP contribution < -0.4 is 15.8 Å². The lowest BCUT2D eigenvalue weighted by Gasteiger charge is -2.63. The maximum atomic E-state index is 13.4. The molecular formula is C47H53ClN6O3S. The van der Waals surface area contributed by atoms with Gasteiger partial charge in [0, 0.05) is 65.5 Å². The van der Waals surface area contributed by atoms with Crippen LogP contribution in [0.4, 0.5) is 5.69 Å². The highest BCUT2D eigenvalue weighted by molar-refractivity contribution is 7.13. The second-order valence-corrected chi connectivity index (χ2v) is 18.5. The number of piperidine rings is 2. The van der Waals surface area contributed by atoms with Crippen molar-refractivity contribution in [2.24, 2.45) is 22.5 Å². The first kappa shape index (κ1) is 41.4. The summed E-state index contributed by atoms with van der Waals surface area (Å²) in [5.74, 6) is 7.82. The molecule has 2 amide bonds. The molecule has 3 aliphatic rings. The molecule has 1 saturated carbocycles. The van der Waals surface area contributed by atoms with Crippen LogP contribution in [0.1, 0.15) is 93.0 Å². The number of ether oxygens (including phenoxy) is 1. The maximum absolute atomic E-state index is 13.4. The van der Waals surface area contributed by atoms with Crippen LogP contribution in [0.5, 0.6) is 5.75 Å². The number of rotatable bonds is 9. The van der Waals surface area contributed by atoms with Crippen molar-refractivity contribution in [1.29, 1.82) is 0 Å². The molecule has 9 nitrogen and oxygen atoms in total. The summed E-state index contributed by atoms with van der Waals surface area (Å²) >= 11 is 7.89. The number of aromatic nitrogens is 1. The van der Waals surface area contributed by atoms with E-state index >= 15 is 0 Å². The zero-order valence-electron chi connectivity index (χ0n) is 34.1. The molecule has 7 rings (SSSR count). The summed E-state index contributed by atoms with van der Waals surface area (Å²) < 4.78 is 6.38. The molecule has 1 aromatic heterocycles. The molecule has 0 radical (unpaired) electrons. The number of thiazole rings is 1. The van der Waals surface area contributed by atoms with Gasteiger partial charge in [-0.25, -0.2) is 9.83 Å². The summed E-state index contributed by atoms with van der Waals surface area (Å²) in [6.07, 6.45) is 4.17. The van der Waals surface area contributed by atoms with E-state index in [1.165, 1.54) is 0 Å². The number of nitrogens with two attached hydrogens (primary N) is 1. The zero-order chi connectivity index (χ0) is 41.2. The van der Waals surface area contributed by atoms with Gasteiger partial charge in [-0.15, -0.1) is 11.3 Å². The normalized spacial score (nSPS) is 21.2. The quantitative estimate of drug-likeness (QED) is 0.129. The SMILES string of the molecule is [C-]#[N+]c1ccc(OC2C(C)(C)C(NC(=O)c3ccc(C#CC4CCN(C5CCN(C(=O)C[C@@H](N)c6ccc(-c7scnc7C)cc6)CC5)CC4)cc3)C2(C)C)cc1Cl. The Hall–Kier alpha value is -4.71. The zero-order valence-corrected chi connectivity index (χ0v) is 35.6. The number of nitrogens with one attached hydrogen (secondary N) is 1. The predicted molar refractivity (Wildman–Crippen MR) is 232 cm³/mol. The van der Waals surface area contributed by atoms with E-state index in [1.54, 1.807) is 29.5 Å². The van der Waals surface area contributed by atoms with Gasteiger partial charge in [0.25, 0.3) is 5.91 Å². The second kappa shape index (κ2) is 17.3. The molecule has 302 valence electrons. The van der Waals surface area contributed by atoms with E-state index in [1.807, 2.05) is 53.7 Å². The monoisotopic (exact) mass is 816 g/mol. The average Bonchev–Trinajstić information content (AvgIpc) is 3.66. The molecule has 58 heavy (non-hydrogen) atoms. The fourth-order valence-electron chi connectivity index (χ4n) is 9.48. The Labute approximate surface area is 352 Å². The van der Waals surface area contributed by atoms with Crippen LogP contribution in [0.25, 0.3) is 15.3 Å². The van der Waals surface area contributed by atoms with Crippen LogP contribution >= 0.6 is 22.9 Å². The van der Waals surface area contributed by atoms with Gasteiger partial charge in [-0.1, -0.05) is 81.5 Å². The lowest BCUT2D eigenvalue weighted by molar-refractivity contribution is -0.164. The van der Waals surface area contributed by atoms with Gasteiger partial charge in [-0.3, -0.25) is 9.59 Å². The Morgan fingerprint density at radius 2 is 1.67 bits per heavy atom. The predicted octanol–water partition coefficient (Wildman–Crippen LogP) is 9.08. The van der Waals surface area contributed by atoms with Crippen molar-refractivity contribution in [3.8, 4) is 28.0 Å². The van der Waals surface area contributed by atoms with E-state index in [9.17, 15) is 9.59 Å². The Balaban J connectivity index is 0.834. The van der Waals surface area contributed by atoms with Crippen molar-refractivity contribution in [3.63, 3.8) is 0 Å². The van der Waals surface area contributed by atoms with Crippen LogP contribution in [-0.4, -0.2) is 71.0 Å². The van der Waals surface area contributed by atoms with Gasteiger partial charge < -0.3 is 25.6 Å². The van der Waals surface area contributed by atoms with Crippen molar-refractivity contribution >= 4 is 40.4 Å². The Morgan fingerprint density at radius 3 is 2.28 bits per heavy atom. The first-order valence-corrected chi connectivity index (χ1v) is 21.5. The van der Waals surface area contributed by atoms with Crippen LogP contribution in [0.2, 0.25) is 5.02 Å². The minimum Gasteiger partial charge on any atom is -0.489 e. The molecule has 0 spiro atoms. The molecule has 3 heterocycles. The Morgan fingerprint density at radius 1 is 1.00 bits per heavy atom. The maximum Gasteiger partial charge on any atom is 0.251 e. The van der Waals surface area contributed by atoms with E-state index in [2.05, 4.69) is 71.7 Å². The van der Waals surface area contributed by atoms with Crippen molar-refractivity contribution in [2.75, 3.05) is 26.2 Å². The molecule has 11 heteroatoms. The average molecular weight is 817 g/mol. The lowest BCUT2D eigenvalue weighted by Crippen LogP contribution is -2.74. The van der Waals surface area contributed by atoms with Crippen molar-refractivity contribution in [2.45, 2.75) is 91.0 Å². The highest BCUT2D eigenvalue weighted by Crippen LogP contribution is 2.55. The number of aryl methyl sites for hydroxylation is 1. The van der Waals surface area contributed by atoms with Gasteiger partial charge in [0.05, 0.1) is 27.7 Å². The molecule has 3 aromatic carbocycles. The first-order chi connectivity index (χ1) is 27.7. The number of amides is 2. The molecule has 1 atom stereocenters. The van der Waals surface area contributed by atoms with Gasteiger partial charge >= 0.3 is 0 Å². The number of halogens is 1. The number of nitrogens with zero attached hydrogens (tertiary/aromatic N) is 4. The number of carbonyl (C=O) groups is 2. The third-order valence-corrected chi connectivity index (χ3v) is 13.9. The van der Waals surface area contributed by atoms with Crippen LogP contribution in [0, 0.1) is 42.1 Å². The largest absolute Gasteiger partial charge is 0.489 e. The first-order valence-electron chi connectivity index (χ1n) is 20.3. The van der Waals surface area contributed by atoms with Gasteiger partial charge in [0.1, 0.15) is 11.9 Å². The Kier molecular flexibility index (Phi) is 12.3. The lowest BCUT2D eigenvalue weighted by atomic mass is 9.49. The third-order valence-electron chi connectivity index (χ3n) is 12.6. The minimum atomic E-state index is -0.340. The molecule has 0 unspecified atom stereocenters. The molecule has 0 bridgehead atoms. The molecule has 4 aromatic rings. The second-order valence-electron chi connectivity index (χ2n) is 17.2. The highest BCUT2D eigenvalue weighted by Gasteiger charge is 2.64. The topological polar surface area (TPSA) is 105 Å². The van der Waals surface area contributed by atoms with E-state index < -0.39 is 0 Å². The standard InChI is InChI=1S/C47H53ClN6O3S/c1-30-42(58-29-51-30)34-15-13-33(14-16-34)39(49)28-41(55)54-25-21-36(22-26-54)53-23-19-32(20-24-53)8-7-31-9-11-35(12-10-31)43(56)52-44-46(2,3)45(47(44,4)5)57-37-17-18-40(50-6)38(48)27-37/h9-18,27,29,32,36,39,44-45H,19-26,28,49H2,1-5H3,(H,52,56)/t39-,44?,45?/m1/s1. The highest BCUT2D eigenvalue weighted by atomic mass is 35.5. The summed E-state index contributed by atoms with van der Waals surface area (Å²) in [6.45, 7) is 21.2.